The predicted octanol–water partition coefficient (Wildman–Crippen LogP) is 0.909. The Bertz CT molecular complexity index is 760. The Morgan fingerprint density at radius 3 is 2.42 bits per heavy atom. The molecule has 7 heteroatoms. The summed E-state index contributed by atoms with van der Waals surface area (Å²) in [6.45, 7) is 3.20. The van der Waals surface area contributed by atoms with Gasteiger partial charge < -0.3 is 14.8 Å². The first-order chi connectivity index (χ1) is 12.7. The molecule has 1 saturated carbocycles. The number of imidazole rings is 1. The molecule has 136 valence electrons. The normalized spacial score (nSPS) is 17.9. The molecule has 1 aliphatic heterocycles. The van der Waals surface area contributed by atoms with E-state index < -0.39 is 0 Å². The second-order valence-corrected chi connectivity index (χ2v) is 6.93. The van der Waals surface area contributed by atoms with Crippen LogP contribution in [0.3, 0.4) is 0 Å². The molecule has 0 bridgehead atoms. The number of amides is 2. The minimum absolute atomic E-state index is 0.0456. The molecule has 2 aliphatic rings. The number of rotatable bonds is 5. The number of aromatic nitrogens is 2. The first kappa shape index (κ1) is 16.8. The molecule has 0 radical (unpaired) electrons. The Labute approximate surface area is 152 Å². The van der Waals surface area contributed by atoms with Crippen molar-refractivity contribution in [1.29, 1.82) is 0 Å². The van der Waals surface area contributed by atoms with Crippen molar-refractivity contribution in [3.63, 3.8) is 0 Å². The van der Waals surface area contributed by atoms with E-state index in [9.17, 15) is 9.59 Å². The minimum Gasteiger partial charge on any atom is -0.352 e. The molecule has 1 saturated heterocycles. The number of nitrogens with zero attached hydrogens (tertiary/aromatic N) is 4. The van der Waals surface area contributed by atoms with Crippen LogP contribution in [0.4, 0.5) is 0 Å². The van der Waals surface area contributed by atoms with E-state index in [1.54, 1.807) is 12.5 Å². The van der Waals surface area contributed by atoms with Crippen molar-refractivity contribution in [3.8, 4) is 5.69 Å². The van der Waals surface area contributed by atoms with Crippen molar-refractivity contribution >= 4 is 11.8 Å². The van der Waals surface area contributed by atoms with E-state index in [1.165, 1.54) is 0 Å². The Morgan fingerprint density at radius 1 is 1.08 bits per heavy atom. The number of piperazine rings is 1. The van der Waals surface area contributed by atoms with Crippen LogP contribution in [-0.2, 0) is 4.79 Å². The molecule has 0 atom stereocenters. The van der Waals surface area contributed by atoms with Crippen LogP contribution in [0.1, 0.15) is 23.2 Å². The van der Waals surface area contributed by atoms with Crippen molar-refractivity contribution in [3.05, 3.63) is 48.5 Å². The Hall–Kier alpha value is -2.67. The lowest BCUT2D eigenvalue weighted by molar-refractivity contribution is -0.122. The van der Waals surface area contributed by atoms with Crippen LogP contribution in [0.15, 0.2) is 43.0 Å². The Morgan fingerprint density at radius 2 is 1.81 bits per heavy atom. The van der Waals surface area contributed by atoms with Gasteiger partial charge in [0.25, 0.3) is 5.91 Å². The van der Waals surface area contributed by atoms with Crippen molar-refractivity contribution < 1.29 is 9.59 Å². The van der Waals surface area contributed by atoms with Gasteiger partial charge in [0.15, 0.2) is 0 Å². The molecule has 2 amide bonds. The van der Waals surface area contributed by atoms with Crippen LogP contribution in [-0.4, -0.2) is 69.9 Å². The molecule has 1 aromatic heterocycles. The third-order valence-electron chi connectivity index (χ3n) is 4.89. The van der Waals surface area contributed by atoms with E-state index in [0.717, 1.165) is 31.6 Å². The van der Waals surface area contributed by atoms with Gasteiger partial charge >= 0.3 is 0 Å². The number of hydrogen-bond acceptors (Lipinski definition) is 4. The maximum absolute atomic E-state index is 12.7. The summed E-state index contributed by atoms with van der Waals surface area (Å²) in [4.78, 5) is 32.6. The molecule has 0 spiro atoms. The summed E-state index contributed by atoms with van der Waals surface area (Å²) in [5.41, 5.74) is 1.67. The number of nitrogens with one attached hydrogen (secondary N) is 1. The summed E-state index contributed by atoms with van der Waals surface area (Å²) in [6, 6.07) is 7.96. The van der Waals surface area contributed by atoms with Crippen LogP contribution in [0.25, 0.3) is 5.69 Å². The highest BCUT2D eigenvalue weighted by molar-refractivity contribution is 5.94. The smallest absolute Gasteiger partial charge is 0.253 e. The number of hydrogen-bond donors (Lipinski definition) is 1. The molecule has 2 heterocycles. The molecule has 4 rings (SSSR count). The highest BCUT2D eigenvalue weighted by Crippen LogP contribution is 2.18. The van der Waals surface area contributed by atoms with Gasteiger partial charge in [-0.2, -0.15) is 0 Å². The quantitative estimate of drug-likeness (QED) is 0.867. The molecule has 7 nitrogen and oxygen atoms in total. The van der Waals surface area contributed by atoms with Crippen LogP contribution in [0.2, 0.25) is 0 Å². The fourth-order valence-corrected chi connectivity index (χ4v) is 3.18. The molecule has 26 heavy (non-hydrogen) atoms. The largest absolute Gasteiger partial charge is 0.352 e. The monoisotopic (exact) mass is 353 g/mol. The molecule has 1 N–H and O–H groups in total. The van der Waals surface area contributed by atoms with Gasteiger partial charge in [0.1, 0.15) is 0 Å². The number of carbonyl (C=O) groups excluding carboxylic acids is 2. The molecule has 0 unspecified atom stereocenters. The Balaban J connectivity index is 1.29. The second-order valence-electron chi connectivity index (χ2n) is 6.93. The topological polar surface area (TPSA) is 70.5 Å². The second kappa shape index (κ2) is 7.29. The van der Waals surface area contributed by atoms with E-state index in [-0.39, 0.29) is 11.8 Å². The van der Waals surface area contributed by atoms with Crippen LogP contribution in [0.5, 0.6) is 0 Å². The summed E-state index contributed by atoms with van der Waals surface area (Å²) >= 11 is 0. The van der Waals surface area contributed by atoms with Crippen molar-refractivity contribution in [2.45, 2.75) is 18.9 Å². The van der Waals surface area contributed by atoms with Gasteiger partial charge in [0.05, 0.1) is 12.9 Å². The van der Waals surface area contributed by atoms with Crippen molar-refractivity contribution in [2.24, 2.45) is 0 Å². The van der Waals surface area contributed by atoms with Gasteiger partial charge in [-0.1, -0.05) is 0 Å². The van der Waals surface area contributed by atoms with Gasteiger partial charge in [0.2, 0.25) is 5.91 Å². The summed E-state index contributed by atoms with van der Waals surface area (Å²) in [5.74, 6) is 0.145. The van der Waals surface area contributed by atoms with Gasteiger partial charge in [0, 0.05) is 55.9 Å². The number of carbonyl (C=O) groups is 2. The van der Waals surface area contributed by atoms with E-state index >= 15 is 0 Å². The number of benzene rings is 1. The van der Waals surface area contributed by atoms with Crippen molar-refractivity contribution in [1.82, 2.24) is 24.7 Å². The standard InChI is InChI=1S/C19H23N5O2/c25-18(21-16-3-4-16)13-22-9-11-23(12-10-22)19(26)15-1-5-17(6-2-15)24-8-7-20-14-24/h1-2,5-8,14,16H,3-4,9-13H2,(H,21,25). The fourth-order valence-electron chi connectivity index (χ4n) is 3.18. The van der Waals surface area contributed by atoms with Crippen LogP contribution in [0, 0.1) is 0 Å². The van der Waals surface area contributed by atoms with E-state index in [0.29, 0.717) is 31.2 Å². The first-order valence-corrected chi connectivity index (χ1v) is 9.08. The first-order valence-electron chi connectivity index (χ1n) is 9.08. The summed E-state index contributed by atoms with van der Waals surface area (Å²) < 4.78 is 1.90. The van der Waals surface area contributed by atoms with Gasteiger partial charge in [-0.3, -0.25) is 14.5 Å². The van der Waals surface area contributed by atoms with E-state index in [1.807, 2.05) is 39.9 Å². The maximum Gasteiger partial charge on any atom is 0.253 e. The lowest BCUT2D eigenvalue weighted by atomic mass is 10.1. The zero-order valence-corrected chi connectivity index (χ0v) is 14.7. The third-order valence-corrected chi connectivity index (χ3v) is 4.89. The van der Waals surface area contributed by atoms with Gasteiger partial charge in [-0.05, 0) is 37.1 Å². The fraction of sp³-hybridized carbons (Fsp3) is 0.421. The highest BCUT2D eigenvalue weighted by atomic mass is 16.2. The highest BCUT2D eigenvalue weighted by Gasteiger charge is 2.26. The minimum atomic E-state index is 0.0456. The average molecular weight is 353 g/mol. The molecule has 2 fully saturated rings. The zero-order chi connectivity index (χ0) is 17.9. The summed E-state index contributed by atoms with van der Waals surface area (Å²) in [5, 5.41) is 3.01. The van der Waals surface area contributed by atoms with Crippen LogP contribution >= 0.6 is 0 Å². The molecule has 1 aliphatic carbocycles. The Kier molecular flexibility index (Phi) is 4.71. The van der Waals surface area contributed by atoms with E-state index in [4.69, 9.17) is 0 Å². The predicted molar refractivity (Wildman–Crippen MR) is 97.1 cm³/mol. The van der Waals surface area contributed by atoms with Crippen molar-refractivity contribution in [2.75, 3.05) is 32.7 Å². The SMILES string of the molecule is O=C(CN1CCN(C(=O)c2ccc(-n3ccnc3)cc2)CC1)NC1CC1. The molecule has 1 aromatic carbocycles. The third kappa shape index (κ3) is 3.94. The van der Waals surface area contributed by atoms with E-state index in [2.05, 4.69) is 15.2 Å². The lowest BCUT2D eigenvalue weighted by Crippen LogP contribution is -2.51. The molecule has 2 aromatic rings. The molecular formula is C19H23N5O2. The molecular weight excluding hydrogens is 330 g/mol. The zero-order valence-electron chi connectivity index (χ0n) is 14.7. The average Bonchev–Trinajstić information content (AvgIpc) is 3.30. The van der Waals surface area contributed by atoms with Gasteiger partial charge in [-0.15, -0.1) is 0 Å². The lowest BCUT2D eigenvalue weighted by Gasteiger charge is -2.34. The van der Waals surface area contributed by atoms with Crippen LogP contribution < -0.4 is 5.32 Å². The summed E-state index contributed by atoms with van der Waals surface area (Å²) in [7, 11) is 0. The maximum atomic E-state index is 12.7. The summed E-state index contributed by atoms with van der Waals surface area (Å²) in [6.07, 6.45) is 7.54. The van der Waals surface area contributed by atoms with Gasteiger partial charge in [-0.25, -0.2) is 4.98 Å².